The van der Waals surface area contributed by atoms with Crippen LogP contribution in [-0.2, 0) is 19.5 Å². The summed E-state index contributed by atoms with van der Waals surface area (Å²) in [5.41, 5.74) is 0. The second-order valence-corrected chi connectivity index (χ2v) is 0. The molecule has 0 saturated carbocycles. The Bertz CT molecular complexity index is 8.49. The van der Waals surface area contributed by atoms with Crippen LogP contribution in [0.2, 0.25) is 0 Å². The van der Waals surface area contributed by atoms with Gasteiger partial charge in [0.25, 0.3) is 0 Å². The molecule has 8 heteroatoms. The van der Waals surface area contributed by atoms with E-state index in [1.165, 1.54) is 0 Å². The predicted octanol–water partition coefficient (Wildman–Crippen LogP) is 2.82. The minimum Gasteiger partial charge on any atom is 0 e. The van der Waals surface area contributed by atoms with Crippen LogP contribution in [0.4, 0.5) is 0 Å². The molecular formula is H7Br6KRh. The smallest absolute Gasteiger partial charge is 0 e. The number of hydrogen-bond acceptors (Lipinski definition) is 0. The first-order chi connectivity index (χ1) is 0. The Morgan fingerprint density at radius 3 is 0.375 bits per heavy atom. The summed E-state index contributed by atoms with van der Waals surface area (Å²) in [6, 6.07) is 0. The van der Waals surface area contributed by atoms with Gasteiger partial charge in [0.1, 0.15) is 0 Å². The Balaban J connectivity index is 0. The van der Waals surface area contributed by atoms with E-state index in [-0.39, 0.29) is 173 Å². The second-order valence-electron chi connectivity index (χ2n) is 0. The molecule has 0 spiro atoms. The molecule has 0 aliphatic rings. The van der Waals surface area contributed by atoms with E-state index >= 15 is 0 Å². The Morgan fingerprint density at radius 1 is 0.375 bits per heavy atom. The Kier molecular flexibility index (Phi) is 523. The molecule has 0 aliphatic carbocycles. The molecule has 0 aliphatic heterocycles. The Hall–Kier alpha value is 5.14. The van der Waals surface area contributed by atoms with Crippen LogP contribution in [0, 0.1) is 0 Å². The van der Waals surface area contributed by atoms with E-state index in [2.05, 4.69) is 0 Å². The average molecular weight is 628 g/mol. The van der Waals surface area contributed by atoms with Gasteiger partial charge in [-0.1, -0.05) is 0 Å². The van der Waals surface area contributed by atoms with Gasteiger partial charge in [0.05, 0.1) is 0 Å². The van der Waals surface area contributed by atoms with Crippen molar-refractivity contribution in [3.05, 3.63) is 0 Å². The topological polar surface area (TPSA) is 0 Å². The fourth-order valence-corrected chi connectivity index (χ4v) is 0. The van der Waals surface area contributed by atoms with Gasteiger partial charge in [0.15, 0.2) is 0 Å². The van der Waals surface area contributed by atoms with Gasteiger partial charge in [0.2, 0.25) is 0 Å². The fourth-order valence-electron chi connectivity index (χ4n) is 0. The van der Waals surface area contributed by atoms with Crippen LogP contribution in [0.15, 0.2) is 0 Å². The monoisotopic (exact) mass is 622 g/mol. The van der Waals surface area contributed by atoms with Crippen molar-refractivity contribution >= 4 is 153 Å². The number of halogens is 6. The first kappa shape index (κ1) is 73.3. The molecule has 8 heavy (non-hydrogen) atoms. The van der Waals surface area contributed by atoms with Crippen molar-refractivity contribution < 1.29 is 19.5 Å². The quantitative estimate of drug-likeness (QED) is 0.363. The van der Waals surface area contributed by atoms with Crippen molar-refractivity contribution in [2.75, 3.05) is 0 Å². The largest absolute Gasteiger partial charge is 0 e. The van der Waals surface area contributed by atoms with Crippen LogP contribution in [0.25, 0.3) is 0 Å². The van der Waals surface area contributed by atoms with E-state index in [9.17, 15) is 0 Å². The summed E-state index contributed by atoms with van der Waals surface area (Å²) in [5, 5.41) is 0. The average Bonchev–Trinajstić information content (AvgIpc) is 0. The van der Waals surface area contributed by atoms with E-state index in [0.717, 1.165) is 0 Å². The molecule has 0 heterocycles. The minimum atomic E-state index is 0. The zero-order chi connectivity index (χ0) is 0. The molecule has 0 aromatic heterocycles. The fraction of sp³-hybridized carbons (Fsp3) is 0. The molecule has 0 aromatic carbocycles. The molecule has 0 aromatic rings. The molecule has 0 nitrogen and oxygen atoms in total. The normalized spacial score (nSPS) is 0. The van der Waals surface area contributed by atoms with Gasteiger partial charge in [-0.15, -0.1) is 102 Å². The SMILES string of the molecule is Br.Br.Br.Br.Br.Br.[KH].[Rh]. The summed E-state index contributed by atoms with van der Waals surface area (Å²) in [4.78, 5) is 0. The van der Waals surface area contributed by atoms with E-state index in [1.54, 1.807) is 0 Å². The van der Waals surface area contributed by atoms with Crippen molar-refractivity contribution in [1.29, 1.82) is 0 Å². The standard InChI is InChI=1S/6BrH.K.Rh.H/h6*1H;;;. The molecule has 0 amide bonds. The van der Waals surface area contributed by atoms with E-state index in [0.29, 0.717) is 0 Å². The van der Waals surface area contributed by atoms with Crippen LogP contribution < -0.4 is 0 Å². The minimum absolute atomic E-state index is 0. The molecule has 0 bridgehead atoms. The maximum absolute atomic E-state index is 0. The van der Waals surface area contributed by atoms with Crippen LogP contribution >= 0.6 is 102 Å². The summed E-state index contributed by atoms with van der Waals surface area (Å²) in [6.07, 6.45) is 0. The summed E-state index contributed by atoms with van der Waals surface area (Å²) in [7, 11) is 0. The van der Waals surface area contributed by atoms with Crippen LogP contribution in [0.1, 0.15) is 0 Å². The summed E-state index contributed by atoms with van der Waals surface area (Å²) >= 11 is 0. The first-order valence-electron chi connectivity index (χ1n) is 0. The number of hydrogen-bond donors (Lipinski definition) is 0. The van der Waals surface area contributed by atoms with Gasteiger partial charge in [-0.3, -0.25) is 0 Å². The van der Waals surface area contributed by atoms with Gasteiger partial charge < -0.3 is 0 Å². The van der Waals surface area contributed by atoms with Crippen molar-refractivity contribution in [1.82, 2.24) is 0 Å². The van der Waals surface area contributed by atoms with E-state index in [4.69, 9.17) is 0 Å². The predicted molar refractivity (Wildman–Crippen MR) is 69.1 cm³/mol. The Labute approximate surface area is 168 Å². The van der Waals surface area contributed by atoms with Gasteiger partial charge >= 0.3 is 51.4 Å². The molecule has 0 rings (SSSR count). The molecule has 1 radical (unpaired) electrons. The number of rotatable bonds is 0. The van der Waals surface area contributed by atoms with Crippen LogP contribution in [0.5, 0.6) is 0 Å². The maximum atomic E-state index is 0. The molecule has 0 unspecified atom stereocenters. The van der Waals surface area contributed by atoms with Crippen molar-refractivity contribution in [2.45, 2.75) is 0 Å². The zero-order valence-corrected chi connectivity index (χ0v) is 14.7. The summed E-state index contributed by atoms with van der Waals surface area (Å²) < 4.78 is 0. The van der Waals surface area contributed by atoms with Gasteiger partial charge in [-0.05, 0) is 0 Å². The third-order valence-electron chi connectivity index (χ3n) is 0. The van der Waals surface area contributed by atoms with Crippen LogP contribution in [-0.4, -0.2) is 51.4 Å². The van der Waals surface area contributed by atoms with Crippen molar-refractivity contribution in [2.24, 2.45) is 0 Å². The van der Waals surface area contributed by atoms with Gasteiger partial charge in [-0.25, -0.2) is 0 Å². The van der Waals surface area contributed by atoms with Crippen molar-refractivity contribution in [3.8, 4) is 0 Å². The molecule has 59 valence electrons. The zero-order valence-electron chi connectivity index (χ0n) is 2.78. The third-order valence-corrected chi connectivity index (χ3v) is 0. The van der Waals surface area contributed by atoms with E-state index < -0.39 is 0 Å². The maximum Gasteiger partial charge on any atom is 0 e. The third kappa shape index (κ3) is 43.4. The van der Waals surface area contributed by atoms with Crippen molar-refractivity contribution in [3.63, 3.8) is 0 Å². The van der Waals surface area contributed by atoms with Gasteiger partial charge in [-0.2, -0.15) is 0 Å². The van der Waals surface area contributed by atoms with Crippen LogP contribution in [0.3, 0.4) is 0 Å². The molecule has 0 atom stereocenters. The van der Waals surface area contributed by atoms with E-state index in [1.807, 2.05) is 0 Å². The molecule has 0 saturated heterocycles. The van der Waals surface area contributed by atoms with Gasteiger partial charge in [0, 0.05) is 19.5 Å². The summed E-state index contributed by atoms with van der Waals surface area (Å²) in [5.74, 6) is 0. The molecule has 0 N–H and O–H groups in total. The molecular weight excluding hydrogens is 621 g/mol. The Morgan fingerprint density at radius 2 is 0.375 bits per heavy atom. The second kappa shape index (κ2) is 57.0. The first-order valence-corrected chi connectivity index (χ1v) is 0. The summed E-state index contributed by atoms with van der Waals surface area (Å²) in [6.45, 7) is 0. The molecule has 0 fully saturated rings.